The molecule has 0 aliphatic rings. The second-order valence-electron chi connectivity index (χ2n) is 25.8. The minimum Gasteiger partial charge on any atom is -0.481 e. The van der Waals surface area contributed by atoms with Crippen LogP contribution in [0.25, 0.3) is 0 Å². The van der Waals surface area contributed by atoms with Gasteiger partial charge in [-0.25, -0.2) is 4.79 Å². The Morgan fingerprint density at radius 2 is 0.760 bits per heavy atom. The normalized spacial score (nSPS) is 13.4. The number of carbonyl (C=O) groups excluding carboxylic acids is 9. The predicted octanol–water partition coefficient (Wildman–Crippen LogP) is 9.84. The zero-order valence-corrected chi connectivity index (χ0v) is 60.3. The molecule has 0 bridgehead atoms. The van der Waals surface area contributed by atoms with Gasteiger partial charge < -0.3 is 67.1 Å². The van der Waals surface area contributed by atoms with Crippen LogP contribution in [0.1, 0.15) is 304 Å². The summed E-state index contributed by atoms with van der Waals surface area (Å²) in [5.41, 5.74) is 0. The zero-order valence-electron chi connectivity index (χ0n) is 59.5. The average Bonchev–Trinajstić information content (AvgIpc) is 0.914. The van der Waals surface area contributed by atoms with Crippen LogP contribution in [0.5, 0.6) is 0 Å². The third kappa shape index (κ3) is 53.5. The lowest BCUT2D eigenvalue weighted by Gasteiger charge is -2.26. The number of nitrogens with one attached hydrogen (secondary N) is 7. The summed E-state index contributed by atoms with van der Waals surface area (Å²) in [5.74, 6) is -9.98. The number of aliphatic carboxylic acids is 2. The lowest BCUT2D eigenvalue weighted by Crippen LogP contribution is -2.60. The largest absolute Gasteiger partial charge is 0.481 e. The van der Waals surface area contributed by atoms with Crippen molar-refractivity contribution in [1.29, 1.82) is 0 Å². The molecule has 0 aliphatic heterocycles. The van der Waals surface area contributed by atoms with Crippen LogP contribution in [0.3, 0.4) is 0 Å². The van der Waals surface area contributed by atoms with Crippen LogP contribution in [-0.2, 0) is 62.2 Å². The first-order chi connectivity index (χ1) is 46.1. The van der Waals surface area contributed by atoms with E-state index in [0.717, 1.165) is 84.5 Å². The fraction of sp³-hybridized carbons (Fsp3) is 0.845. The molecule has 11 N–H and O–H groups in total. The first-order valence-electron chi connectivity index (χ1n) is 36.9. The molecular weight excluding hydrogens is 1250 g/mol. The maximum Gasteiger partial charge on any atom is 0.328 e. The first kappa shape index (κ1) is 90.4. The quantitative estimate of drug-likeness (QED) is 0.0199. The van der Waals surface area contributed by atoms with Crippen LogP contribution in [0, 0.1) is 0 Å². The van der Waals surface area contributed by atoms with Crippen molar-refractivity contribution in [3.8, 4) is 0 Å². The molecule has 0 aromatic heterocycles. The molecule has 0 saturated carbocycles. The van der Waals surface area contributed by atoms with Crippen molar-refractivity contribution in [2.75, 3.05) is 37.7 Å². The number of aliphatic hydroxyl groups excluding tert-OH is 2. The number of carbonyl (C=O) groups is 11. The van der Waals surface area contributed by atoms with Crippen LogP contribution in [0.15, 0.2) is 0 Å². The van der Waals surface area contributed by atoms with Crippen molar-refractivity contribution < 1.29 is 82.6 Å². The van der Waals surface area contributed by atoms with Crippen molar-refractivity contribution in [2.24, 2.45) is 0 Å². The zero-order chi connectivity index (χ0) is 71.4. The molecule has 7 amide bonds. The van der Waals surface area contributed by atoms with Crippen LogP contribution in [-0.4, -0.2) is 166 Å². The Labute approximate surface area is 578 Å². The van der Waals surface area contributed by atoms with Gasteiger partial charge in [0.15, 0.2) is 6.04 Å². The highest BCUT2D eigenvalue weighted by Crippen LogP contribution is 2.19. The Balaban J connectivity index is 5.85. The smallest absolute Gasteiger partial charge is 0.328 e. The third-order valence-corrected chi connectivity index (χ3v) is 17.8. The van der Waals surface area contributed by atoms with Crippen LogP contribution < -0.4 is 37.2 Å². The van der Waals surface area contributed by atoms with E-state index in [1.54, 1.807) is 0 Å². The summed E-state index contributed by atoms with van der Waals surface area (Å²) in [6, 6.07) is -6.43. The van der Waals surface area contributed by atoms with E-state index in [1.165, 1.54) is 166 Å². The van der Waals surface area contributed by atoms with Gasteiger partial charge in [0.05, 0.1) is 44.9 Å². The molecule has 0 spiro atoms. The maximum atomic E-state index is 13.8. The van der Waals surface area contributed by atoms with Crippen molar-refractivity contribution in [3.63, 3.8) is 0 Å². The number of ether oxygens (including phenoxy) is 2. The van der Waals surface area contributed by atoms with Crippen molar-refractivity contribution in [3.05, 3.63) is 0 Å². The minimum atomic E-state index is -1.82. The van der Waals surface area contributed by atoms with Crippen molar-refractivity contribution >= 4 is 77.0 Å². The molecule has 0 rings (SSSR count). The Morgan fingerprint density at radius 3 is 1.19 bits per heavy atom. The molecule has 0 radical (unpaired) electrons. The Morgan fingerprint density at radius 1 is 0.375 bits per heavy atom. The van der Waals surface area contributed by atoms with E-state index in [0.29, 0.717) is 12.8 Å². The second-order valence-corrected chi connectivity index (χ2v) is 26.9. The van der Waals surface area contributed by atoms with Gasteiger partial charge >= 0.3 is 23.9 Å². The number of hydrogen-bond donors (Lipinski definition) is 11. The highest BCUT2D eigenvalue weighted by atomic mass is 32.2. The van der Waals surface area contributed by atoms with Gasteiger partial charge in [0, 0.05) is 30.8 Å². The van der Waals surface area contributed by atoms with E-state index in [9.17, 15) is 73.2 Å². The van der Waals surface area contributed by atoms with Gasteiger partial charge in [0.1, 0.15) is 24.2 Å². The van der Waals surface area contributed by atoms with E-state index < -0.39 is 134 Å². The van der Waals surface area contributed by atoms with Gasteiger partial charge in [0.2, 0.25) is 41.4 Å². The Kier molecular flexibility index (Phi) is 58.2. The molecule has 25 heteroatoms. The summed E-state index contributed by atoms with van der Waals surface area (Å²) in [4.78, 5) is 142. The van der Waals surface area contributed by atoms with Gasteiger partial charge in [-0.15, -0.1) is 0 Å². The topological polar surface area (TPSA) is 371 Å². The fourth-order valence-electron chi connectivity index (χ4n) is 10.8. The van der Waals surface area contributed by atoms with Gasteiger partial charge in [0.25, 0.3) is 0 Å². The molecule has 0 fully saturated rings. The maximum absolute atomic E-state index is 13.8. The highest BCUT2D eigenvalue weighted by Gasteiger charge is 2.34. The molecule has 96 heavy (non-hydrogen) atoms. The van der Waals surface area contributed by atoms with Crippen LogP contribution in [0.4, 0.5) is 0 Å². The van der Waals surface area contributed by atoms with Gasteiger partial charge in [-0.1, -0.05) is 239 Å². The van der Waals surface area contributed by atoms with E-state index in [4.69, 9.17) is 9.47 Å². The molecule has 0 aromatic rings. The second kappa shape index (κ2) is 61.7. The van der Waals surface area contributed by atoms with Gasteiger partial charge in [-0.3, -0.25) is 47.9 Å². The molecule has 24 nitrogen and oxygen atoms in total. The number of carboxylic acids is 2. The number of amides is 7. The molecule has 0 unspecified atom stereocenters. The summed E-state index contributed by atoms with van der Waals surface area (Å²) >= 11 is 1.19. The summed E-state index contributed by atoms with van der Waals surface area (Å²) in [6.07, 6.45) is 37.2. The number of rotatable bonds is 66. The monoisotopic (exact) mass is 1380 g/mol. The number of carboxylic acid groups (broad SMARTS) is 2. The number of thioether (sulfide) groups is 1. The lowest BCUT2D eigenvalue weighted by atomic mass is 10.0. The van der Waals surface area contributed by atoms with E-state index in [-0.39, 0.29) is 43.3 Å². The number of aliphatic hydroxyl groups is 2. The number of unbranched alkanes of at least 4 members (excludes halogenated alkanes) is 34. The SMILES string of the molecule is CCCCCCCCCCCCCCCOC(=O)C[C@H](CSC[C@H](NC(=O)CCCCCCCCCCCCC)C(=O)NCC(=O)NCC(=O)NCC(=O)N[C@@H](CCC(=O)O)C(=O)N[C@H](C(=O)N[C@H](C(=O)O)[C@@H](C)O)[C@@H](C)O)OC(=O)CCCCCCCCCCCCCCC. The van der Waals surface area contributed by atoms with Gasteiger partial charge in [-0.05, 0) is 39.5 Å². The molecule has 556 valence electrons. The molecule has 0 aliphatic carbocycles. The van der Waals surface area contributed by atoms with Gasteiger partial charge in [-0.2, -0.15) is 11.8 Å². The predicted molar refractivity (Wildman–Crippen MR) is 374 cm³/mol. The van der Waals surface area contributed by atoms with E-state index in [1.807, 2.05) is 5.32 Å². The highest BCUT2D eigenvalue weighted by molar-refractivity contribution is 7.99. The summed E-state index contributed by atoms with van der Waals surface area (Å²) in [6.45, 7) is 6.99. The third-order valence-electron chi connectivity index (χ3n) is 16.7. The summed E-state index contributed by atoms with van der Waals surface area (Å²) < 4.78 is 11.5. The molecule has 0 saturated heterocycles. The fourth-order valence-corrected chi connectivity index (χ4v) is 11.8. The first-order valence-corrected chi connectivity index (χ1v) is 38.0. The molecular formula is C71H129N7O17S. The van der Waals surface area contributed by atoms with E-state index >= 15 is 0 Å². The Bertz CT molecular complexity index is 2140. The minimum absolute atomic E-state index is 0.0185. The van der Waals surface area contributed by atoms with Crippen LogP contribution in [0.2, 0.25) is 0 Å². The summed E-state index contributed by atoms with van der Waals surface area (Å²) in [7, 11) is 0. The number of hydrogen-bond acceptors (Lipinski definition) is 16. The summed E-state index contributed by atoms with van der Waals surface area (Å²) in [5, 5.41) is 54.9. The Hall–Kier alpha value is -5.56. The average molecular weight is 1380 g/mol. The standard InChI is InChI=1S/C71H129N7O17S/c1-6-9-12-15-18-21-24-26-29-32-35-38-41-44-64(87)95-56(48-65(88)94-47-42-39-36-33-30-27-25-22-19-16-13-10-7-2)52-96-53-58(76-59(81)43-40-37-34-31-28-23-20-17-14-11-8-3)68(89)74-50-61(83)72-49-60(82)73-51-62(84)75-57(45-46-63(85)86)69(90)77-66(54(4)79)70(91)78-67(55(5)80)71(92)93/h54-58,66-67,79-80H,6-53H2,1-5H3,(H,72,83)(H,73,82)(H,74,89)(H,75,84)(H,76,81)(H,77,90)(H,78,91)(H,85,86)(H,92,93)/t54-,55-,56-,57+,58+,66+,67+/m1/s1. The lowest BCUT2D eigenvalue weighted by molar-refractivity contribution is -0.154. The molecule has 7 atom stereocenters. The van der Waals surface area contributed by atoms with Crippen molar-refractivity contribution in [1.82, 2.24) is 37.2 Å². The van der Waals surface area contributed by atoms with Crippen LogP contribution >= 0.6 is 11.8 Å². The van der Waals surface area contributed by atoms with Crippen molar-refractivity contribution in [2.45, 2.75) is 347 Å². The number of esters is 2. The van der Waals surface area contributed by atoms with E-state index in [2.05, 4.69) is 52.7 Å². The molecule has 0 aromatic carbocycles. The molecule has 0 heterocycles.